The molecule has 0 bridgehead atoms. The monoisotopic (exact) mass is 219 g/mol. The minimum Gasteiger partial charge on any atom is -0.478 e. The van der Waals surface area contributed by atoms with Crippen molar-refractivity contribution in [3.05, 3.63) is 35.4 Å². The number of nitrogens with one attached hydrogen (secondary N) is 1. The molecule has 1 aromatic rings. The SMILES string of the molecule is CNc1cc(C(C)=O)ccc1/C=C/C(=O)O. The summed E-state index contributed by atoms with van der Waals surface area (Å²) in [4.78, 5) is 21.5. The molecule has 0 aliphatic heterocycles. The van der Waals surface area contributed by atoms with Crippen molar-refractivity contribution in [2.45, 2.75) is 6.92 Å². The van der Waals surface area contributed by atoms with Crippen LogP contribution in [-0.4, -0.2) is 23.9 Å². The lowest BCUT2D eigenvalue weighted by molar-refractivity contribution is -0.131. The number of Topliss-reactive ketones (excluding diaryl/α,β-unsaturated/α-hetero) is 1. The lowest BCUT2D eigenvalue weighted by Crippen LogP contribution is -1.97. The van der Waals surface area contributed by atoms with Gasteiger partial charge in [-0.15, -0.1) is 0 Å². The van der Waals surface area contributed by atoms with Crippen molar-refractivity contribution in [2.24, 2.45) is 0 Å². The highest BCUT2D eigenvalue weighted by molar-refractivity contribution is 5.96. The van der Waals surface area contributed by atoms with E-state index in [1.54, 1.807) is 25.2 Å². The van der Waals surface area contributed by atoms with Gasteiger partial charge in [-0.05, 0) is 24.6 Å². The Balaban J connectivity index is 3.11. The summed E-state index contributed by atoms with van der Waals surface area (Å²) in [7, 11) is 1.72. The number of hydrogen-bond donors (Lipinski definition) is 2. The summed E-state index contributed by atoms with van der Waals surface area (Å²) in [5.74, 6) is -1.03. The molecule has 0 aliphatic rings. The van der Waals surface area contributed by atoms with E-state index in [4.69, 9.17) is 5.11 Å². The molecule has 4 heteroatoms. The number of carboxylic acid groups (broad SMARTS) is 1. The molecule has 0 heterocycles. The van der Waals surface area contributed by atoms with Crippen LogP contribution in [0.2, 0.25) is 0 Å². The Morgan fingerprint density at radius 2 is 2.06 bits per heavy atom. The molecule has 2 N–H and O–H groups in total. The molecule has 16 heavy (non-hydrogen) atoms. The molecule has 0 aromatic heterocycles. The van der Waals surface area contributed by atoms with E-state index in [0.29, 0.717) is 5.56 Å². The van der Waals surface area contributed by atoms with Gasteiger partial charge in [0.1, 0.15) is 0 Å². The molecule has 0 aliphatic carbocycles. The molecule has 84 valence electrons. The van der Waals surface area contributed by atoms with Crippen molar-refractivity contribution in [1.82, 2.24) is 0 Å². The highest BCUT2D eigenvalue weighted by atomic mass is 16.4. The van der Waals surface area contributed by atoms with Crippen LogP contribution >= 0.6 is 0 Å². The minimum absolute atomic E-state index is 0.0229. The van der Waals surface area contributed by atoms with Gasteiger partial charge in [0.2, 0.25) is 0 Å². The molecule has 0 spiro atoms. The average molecular weight is 219 g/mol. The first-order valence-corrected chi connectivity index (χ1v) is 4.78. The zero-order chi connectivity index (χ0) is 12.1. The van der Waals surface area contributed by atoms with Gasteiger partial charge in [-0.2, -0.15) is 0 Å². The summed E-state index contributed by atoms with van der Waals surface area (Å²) in [6, 6.07) is 5.08. The van der Waals surface area contributed by atoms with Gasteiger partial charge in [0.25, 0.3) is 0 Å². The van der Waals surface area contributed by atoms with Gasteiger partial charge in [0.15, 0.2) is 5.78 Å². The Hall–Kier alpha value is -2.10. The van der Waals surface area contributed by atoms with E-state index in [2.05, 4.69) is 5.32 Å². The first kappa shape index (κ1) is 12.0. The topological polar surface area (TPSA) is 66.4 Å². The van der Waals surface area contributed by atoms with Crippen molar-refractivity contribution in [1.29, 1.82) is 0 Å². The fraction of sp³-hybridized carbons (Fsp3) is 0.167. The molecular weight excluding hydrogens is 206 g/mol. The van der Waals surface area contributed by atoms with Crippen LogP contribution in [0.4, 0.5) is 5.69 Å². The fourth-order valence-corrected chi connectivity index (χ4v) is 1.30. The third kappa shape index (κ3) is 2.95. The number of aliphatic carboxylic acids is 1. The maximum atomic E-state index is 11.2. The number of hydrogen-bond acceptors (Lipinski definition) is 3. The van der Waals surface area contributed by atoms with Crippen LogP contribution in [0.5, 0.6) is 0 Å². The average Bonchev–Trinajstić information content (AvgIpc) is 2.25. The molecule has 0 saturated carbocycles. The second-order valence-corrected chi connectivity index (χ2v) is 3.28. The summed E-state index contributed by atoms with van der Waals surface area (Å²) in [6.07, 6.45) is 2.54. The first-order valence-electron chi connectivity index (χ1n) is 4.78. The summed E-state index contributed by atoms with van der Waals surface area (Å²) in [5, 5.41) is 11.4. The highest BCUT2D eigenvalue weighted by Crippen LogP contribution is 2.19. The molecule has 0 atom stereocenters. The second-order valence-electron chi connectivity index (χ2n) is 3.28. The van der Waals surface area contributed by atoms with Crippen LogP contribution in [-0.2, 0) is 4.79 Å². The van der Waals surface area contributed by atoms with Crippen molar-refractivity contribution in [3.63, 3.8) is 0 Å². The quantitative estimate of drug-likeness (QED) is 0.600. The van der Waals surface area contributed by atoms with Crippen molar-refractivity contribution < 1.29 is 14.7 Å². The van der Waals surface area contributed by atoms with Crippen molar-refractivity contribution in [2.75, 3.05) is 12.4 Å². The van der Waals surface area contributed by atoms with Crippen LogP contribution < -0.4 is 5.32 Å². The molecule has 0 fully saturated rings. The summed E-state index contributed by atoms with van der Waals surface area (Å²) in [6.45, 7) is 1.49. The molecule has 1 rings (SSSR count). The predicted molar refractivity (Wildman–Crippen MR) is 62.7 cm³/mol. The van der Waals surface area contributed by atoms with Gasteiger partial charge < -0.3 is 10.4 Å². The number of benzene rings is 1. The van der Waals surface area contributed by atoms with Crippen LogP contribution in [0.1, 0.15) is 22.8 Å². The Bertz CT molecular complexity index is 450. The normalized spacial score (nSPS) is 10.4. The van der Waals surface area contributed by atoms with E-state index >= 15 is 0 Å². The van der Waals surface area contributed by atoms with E-state index in [1.807, 2.05) is 0 Å². The van der Waals surface area contributed by atoms with Gasteiger partial charge in [-0.1, -0.05) is 12.1 Å². The van der Waals surface area contributed by atoms with Gasteiger partial charge in [-0.25, -0.2) is 4.79 Å². The molecular formula is C12H13NO3. The van der Waals surface area contributed by atoms with Gasteiger partial charge in [0.05, 0.1) is 0 Å². The van der Waals surface area contributed by atoms with Gasteiger partial charge in [-0.3, -0.25) is 4.79 Å². The molecule has 0 amide bonds. The van der Waals surface area contributed by atoms with E-state index in [9.17, 15) is 9.59 Å². The summed E-state index contributed by atoms with van der Waals surface area (Å²) >= 11 is 0. The number of ketones is 1. The third-order valence-corrected chi connectivity index (χ3v) is 2.13. The fourth-order valence-electron chi connectivity index (χ4n) is 1.30. The van der Waals surface area contributed by atoms with Crippen LogP contribution in [0.3, 0.4) is 0 Å². The van der Waals surface area contributed by atoms with E-state index in [0.717, 1.165) is 17.3 Å². The number of carboxylic acids is 1. The van der Waals surface area contributed by atoms with E-state index < -0.39 is 5.97 Å². The maximum absolute atomic E-state index is 11.2. The zero-order valence-corrected chi connectivity index (χ0v) is 9.15. The maximum Gasteiger partial charge on any atom is 0.328 e. The van der Waals surface area contributed by atoms with Crippen LogP contribution in [0.25, 0.3) is 6.08 Å². The molecule has 0 radical (unpaired) electrons. The van der Waals surface area contributed by atoms with E-state index in [-0.39, 0.29) is 5.78 Å². The molecule has 4 nitrogen and oxygen atoms in total. The minimum atomic E-state index is -1.00. The van der Waals surface area contributed by atoms with Crippen molar-refractivity contribution in [3.8, 4) is 0 Å². The van der Waals surface area contributed by atoms with Crippen LogP contribution in [0, 0.1) is 0 Å². The molecule has 0 saturated heterocycles. The number of carbonyl (C=O) groups excluding carboxylic acids is 1. The largest absolute Gasteiger partial charge is 0.478 e. The Kier molecular flexibility index (Phi) is 3.83. The standard InChI is InChI=1S/C12H13NO3/c1-8(14)10-4-3-9(5-6-12(15)16)11(7-10)13-2/h3-7,13H,1-2H3,(H,15,16)/b6-5+. The Morgan fingerprint density at radius 3 is 2.56 bits per heavy atom. The summed E-state index contributed by atoms with van der Waals surface area (Å²) in [5.41, 5.74) is 2.05. The van der Waals surface area contributed by atoms with Crippen molar-refractivity contribution >= 4 is 23.5 Å². The Labute approximate surface area is 93.6 Å². The lowest BCUT2D eigenvalue weighted by atomic mass is 10.1. The Morgan fingerprint density at radius 1 is 1.38 bits per heavy atom. The van der Waals surface area contributed by atoms with Gasteiger partial charge >= 0.3 is 5.97 Å². The first-order chi connectivity index (χ1) is 7.54. The van der Waals surface area contributed by atoms with E-state index in [1.165, 1.54) is 13.0 Å². The molecule has 1 aromatic carbocycles. The number of carbonyl (C=O) groups is 2. The predicted octanol–water partition coefficient (Wildman–Crippen LogP) is 2.03. The smallest absolute Gasteiger partial charge is 0.328 e. The highest BCUT2D eigenvalue weighted by Gasteiger charge is 2.03. The zero-order valence-electron chi connectivity index (χ0n) is 9.15. The van der Waals surface area contributed by atoms with Crippen LogP contribution in [0.15, 0.2) is 24.3 Å². The summed E-state index contributed by atoms with van der Waals surface area (Å²) < 4.78 is 0. The lowest BCUT2D eigenvalue weighted by Gasteiger charge is -2.06. The second kappa shape index (κ2) is 5.11. The molecule has 0 unspecified atom stereocenters. The number of rotatable bonds is 4. The van der Waals surface area contributed by atoms with Gasteiger partial charge in [0, 0.05) is 24.4 Å². The number of anilines is 1. The third-order valence-electron chi connectivity index (χ3n) is 2.13.